The largest absolute Gasteiger partial charge is 0.320 e. The fourth-order valence-electron chi connectivity index (χ4n) is 1.94. The third kappa shape index (κ3) is 1.83. The highest BCUT2D eigenvalue weighted by Gasteiger charge is 2.04. The zero-order chi connectivity index (χ0) is 11.7. The van der Waals surface area contributed by atoms with E-state index in [0.29, 0.717) is 0 Å². The molecular weight excluding hydrogens is 228 g/mol. The normalized spacial score (nSPS) is 10.9. The van der Waals surface area contributed by atoms with Crippen LogP contribution in [0.3, 0.4) is 0 Å². The molecule has 2 aromatic heterocycles. The molecule has 0 radical (unpaired) electrons. The summed E-state index contributed by atoms with van der Waals surface area (Å²) in [4.78, 5) is 5.75. The van der Waals surface area contributed by atoms with Crippen LogP contribution in [0.2, 0.25) is 0 Å². The topological polar surface area (TPSA) is 17.3 Å². The molecule has 1 aromatic carbocycles. The molecule has 0 amide bonds. The Bertz CT molecular complexity index is 641. The number of aromatic nitrogens is 2. The van der Waals surface area contributed by atoms with E-state index in [0.717, 1.165) is 16.8 Å². The van der Waals surface area contributed by atoms with Gasteiger partial charge in [-0.25, -0.2) is 0 Å². The lowest BCUT2D eigenvalue weighted by atomic mass is 10.1. The average Bonchev–Trinajstić information content (AvgIpc) is 2.87. The van der Waals surface area contributed by atoms with Gasteiger partial charge in [0.05, 0.1) is 11.2 Å². The first kappa shape index (κ1) is 10.4. The minimum Gasteiger partial charge on any atom is -0.320 e. The summed E-state index contributed by atoms with van der Waals surface area (Å²) >= 11 is 1.75. The third-order valence-corrected chi connectivity index (χ3v) is 3.56. The van der Waals surface area contributed by atoms with Gasteiger partial charge in [-0.05, 0) is 30.5 Å². The highest BCUT2D eigenvalue weighted by molar-refractivity contribution is 7.98. The summed E-state index contributed by atoms with van der Waals surface area (Å²) in [6.07, 6.45) is 7.93. The molecule has 0 spiro atoms. The summed E-state index contributed by atoms with van der Waals surface area (Å²) in [5, 5.41) is 0. The molecule has 0 unspecified atom stereocenters. The SMILES string of the molecule is CSc1ccc(-c2nccn3cccc23)cc1. The number of rotatable bonds is 2. The lowest BCUT2D eigenvalue weighted by Crippen LogP contribution is -1.89. The van der Waals surface area contributed by atoms with Crippen LogP contribution in [0.15, 0.2) is 59.9 Å². The molecular formula is C14H12N2S. The summed E-state index contributed by atoms with van der Waals surface area (Å²) < 4.78 is 2.09. The van der Waals surface area contributed by atoms with Crippen LogP contribution in [-0.2, 0) is 0 Å². The van der Waals surface area contributed by atoms with E-state index in [1.165, 1.54) is 4.90 Å². The Balaban J connectivity index is 2.16. The minimum atomic E-state index is 1.03. The Kier molecular flexibility index (Phi) is 2.61. The summed E-state index contributed by atoms with van der Waals surface area (Å²) in [5.41, 5.74) is 3.33. The second kappa shape index (κ2) is 4.26. The molecule has 0 fully saturated rings. The Morgan fingerprint density at radius 3 is 2.65 bits per heavy atom. The first-order valence-electron chi connectivity index (χ1n) is 5.44. The molecule has 17 heavy (non-hydrogen) atoms. The molecule has 0 N–H and O–H groups in total. The number of nitrogens with zero attached hydrogens (tertiary/aromatic N) is 2. The van der Waals surface area contributed by atoms with Gasteiger partial charge in [-0.2, -0.15) is 0 Å². The van der Waals surface area contributed by atoms with Crippen LogP contribution in [0.1, 0.15) is 0 Å². The molecule has 3 aromatic rings. The number of fused-ring (bicyclic) bond motifs is 1. The standard InChI is InChI=1S/C14H12N2S/c1-17-12-6-4-11(5-7-12)14-13-3-2-9-16(13)10-8-15-14/h2-10H,1H3. The van der Waals surface area contributed by atoms with E-state index in [9.17, 15) is 0 Å². The van der Waals surface area contributed by atoms with Crippen LogP contribution < -0.4 is 0 Å². The van der Waals surface area contributed by atoms with E-state index in [2.05, 4.69) is 46.0 Å². The lowest BCUT2D eigenvalue weighted by Gasteiger charge is -2.04. The third-order valence-electron chi connectivity index (χ3n) is 2.82. The number of hydrogen-bond donors (Lipinski definition) is 0. The molecule has 0 saturated carbocycles. The maximum Gasteiger partial charge on any atom is 0.0942 e. The summed E-state index contributed by atoms with van der Waals surface area (Å²) in [6.45, 7) is 0. The van der Waals surface area contributed by atoms with E-state index in [4.69, 9.17) is 0 Å². The molecule has 0 atom stereocenters. The van der Waals surface area contributed by atoms with Gasteiger partial charge in [0.2, 0.25) is 0 Å². The molecule has 0 bridgehead atoms. The Hall–Kier alpha value is -1.74. The monoisotopic (exact) mass is 240 g/mol. The molecule has 84 valence electrons. The fraction of sp³-hybridized carbons (Fsp3) is 0.0714. The number of hydrogen-bond acceptors (Lipinski definition) is 2. The van der Waals surface area contributed by atoms with E-state index in [-0.39, 0.29) is 0 Å². The Morgan fingerprint density at radius 1 is 1.06 bits per heavy atom. The van der Waals surface area contributed by atoms with Crippen LogP contribution in [0.5, 0.6) is 0 Å². The first-order valence-corrected chi connectivity index (χ1v) is 6.67. The molecule has 0 aliphatic carbocycles. The zero-order valence-electron chi connectivity index (χ0n) is 9.50. The van der Waals surface area contributed by atoms with Crippen molar-refractivity contribution in [2.45, 2.75) is 4.90 Å². The van der Waals surface area contributed by atoms with Gasteiger partial charge in [-0.15, -0.1) is 11.8 Å². The summed E-state index contributed by atoms with van der Waals surface area (Å²) in [6, 6.07) is 12.6. The van der Waals surface area contributed by atoms with Crippen molar-refractivity contribution in [1.82, 2.24) is 9.38 Å². The second-order valence-electron chi connectivity index (χ2n) is 3.81. The van der Waals surface area contributed by atoms with Crippen molar-refractivity contribution in [2.75, 3.05) is 6.26 Å². The minimum absolute atomic E-state index is 1.03. The van der Waals surface area contributed by atoms with Gasteiger partial charge in [0, 0.05) is 29.0 Å². The van der Waals surface area contributed by atoms with Gasteiger partial charge in [0.15, 0.2) is 0 Å². The molecule has 0 aliphatic rings. The molecule has 3 heteroatoms. The summed E-state index contributed by atoms with van der Waals surface area (Å²) in [7, 11) is 0. The molecule has 2 heterocycles. The highest BCUT2D eigenvalue weighted by Crippen LogP contribution is 2.24. The van der Waals surface area contributed by atoms with Crippen LogP contribution in [-0.4, -0.2) is 15.6 Å². The van der Waals surface area contributed by atoms with Crippen LogP contribution in [0.4, 0.5) is 0 Å². The van der Waals surface area contributed by atoms with Crippen molar-refractivity contribution in [2.24, 2.45) is 0 Å². The van der Waals surface area contributed by atoms with Crippen molar-refractivity contribution >= 4 is 17.3 Å². The van der Waals surface area contributed by atoms with Gasteiger partial charge < -0.3 is 4.40 Å². The van der Waals surface area contributed by atoms with Gasteiger partial charge >= 0.3 is 0 Å². The van der Waals surface area contributed by atoms with Crippen molar-refractivity contribution in [3.8, 4) is 11.3 Å². The van der Waals surface area contributed by atoms with Crippen molar-refractivity contribution in [1.29, 1.82) is 0 Å². The predicted octanol–water partition coefficient (Wildman–Crippen LogP) is 3.72. The molecule has 0 saturated heterocycles. The Morgan fingerprint density at radius 2 is 1.88 bits per heavy atom. The van der Waals surface area contributed by atoms with E-state index in [1.54, 1.807) is 11.8 Å². The van der Waals surface area contributed by atoms with Crippen LogP contribution >= 0.6 is 11.8 Å². The fourth-order valence-corrected chi connectivity index (χ4v) is 2.35. The second-order valence-corrected chi connectivity index (χ2v) is 4.68. The van der Waals surface area contributed by atoms with E-state index < -0.39 is 0 Å². The van der Waals surface area contributed by atoms with E-state index >= 15 is 0 Å². The van der Waals surface area contributed by atoms with Crippen molar-refractivity contribution in [3.05, 3.63) is 55.0 Å². The van der Waals surface area contributed by atoms with Gasteiger partial charge in [0.1, 0.15) is 0 Å². The number of benzene rings is 1. The van der Waals surface area contributed by atoms with Gasteiger partial charge in [0.25, 0.3) is 0 Å². The molecule has 3 rings (SSSR count). The maximum atomic E-state index is 4.48. The van der Waals surface area contributed by atoms with E-state index in [1.807, 2.05) is 24.7 Å². The molecule has 0 aliphatic heterocycles. The van der Waals surface area contributed by atoms with Gasteiger partial charge in [-0.3, -0.25) is 4.98 Å². The molecule has 2 nitrogen and oxygen atoms in total. The number of thioether (sulfide) groups is 1. The average molecular weight is 240 g/mol. The van der Waals surface area contributed by atoms with Crippen LogP contribution in [0.25, 0.3) is 16.8 Å². The van der Waals surface area contributed by atoms with Crippen LogP contribution in [0, 0.1) is 0 Å². The Labute approximate surface area is 104 Å². The van der Waals surface area contributed by atoms with Gasteiger partial charge in [-0.1, -0.05) is 12.1 Å². The zero-order valence-corrected chi connectivity index (χ0v) is 10.3. The predicted molar refractivity (Wildman–Crippen MR) is 72.4 cm³/mol. The van der Waals surface area contributed by atoms with Crippen molar-refractivity contribution < 1.29 is 0 Å². The quantitative estimate of drug-likeness (QED) is 0.635. The maximum absolute atomic E-state index is 4.48. The smallest absolute Gasteiger partial charge is 0.0942 e. The summed E-state index contributed by atoms with van der Waals surface area (Å²) in [5.74, 6) is 0. The highest BCUT2D eigenvalue weighted by atomic mass is 32.2. The first-order chi connectivity index (χ1) is 8.38. The lowest BCUT2D eigenvalue weighted by molar-refractivity contribution is 1.14. The van der Waals surface area contributed by atoms with Crippen molar-refractivity contribution in [3.63, 3.8) is 0 Å².